The predicted octanol–water partition coefficient (Wildman–Crippen LogP) is 5.51. The molecule has 0 atom stereocenters. The first-order valence-electron chi connectivity index (χ1n) is 13.1. The predicted molar refractivity (Wildman–Crippen MR) is 140 cm³/mol. The van der Waals surface area contributed by atoms with Crippen molar-refractivity contribution in [3.05, 3.63) is 65.6 Å². The molecule has 4 aromatic heterocycles. The number of aromatic nitrogens is 8. The molecule has 2 aliphatic carbocycles. The van der Waals surface area contributed by atoms with E-state index in [-0.39, 0.29) is 5.82 Å². The SMILES string of the molecule is COc1ncnc(C2CC2)c1-c1ncc2c(C3CC3)nn(Cc3ccc(-c4nc(C(F)(F)F)cn4C)cc3)c2n1. The van der Waals surface area contributed by atoms with E-state index in [1.165, 1.54) is 10.9 Å². The Kier molecular flexibility index (Phi) is 5.62. The number of halogens is 3. The minimum absolute atomic E-state index is 0.252. The van der Waals surface area contributed by atoms with Crippen LogP contribution in [0.15, 0.2) is 43.0 Å². The van der Waals surface area contributed by atoms with Gasteiger partial charge in [0.25, 0.3) is 0 Å². The quantitative estimate of drug-likeness (QED) is 0.265. The molecule has 2 aliphatic rings. The number of rotatable bonds is 7. The van der Waals surface area contributed by atoms with E-state index >= 15 is 0 Å². The number of hydrogen-bond donors (Lipinski definition) is 0. The molecule has 4 heterocycles. The number of ether oxygens (including phenoxy) is 1. The average Bonchev–Trinajstić information content (AvgIpc) is 3.88. The van der Waals surface area contributed by atoms with Crippen molar-refractivity contribution in [1.82, 2.24) is 39.3 Å². The van der Waals surface area contributed by atoms with Gasteiger partial charge in [0, 0.05) is 36.8 Å². The summed E-state index contributed by atoms with van der Waals surface area (Å²) in [6.45, 7) is 0.437. The van der Waals surface area contributed by atoms with Gasteiger partial charge in [0.15, 0.2) is 17.2 Å². The summed E-state index contributed by atoms with van der Waals surface area (Å²) >= 11 is 0. The van der Waals surface area contributed by atoms with Crippen LogP contribution in [0.2, 0.25) is 0 Å². The fourth-order valence-corrected chi connectivity index (χ4v) is 5.09. The van der Waals surface area contributed by atoms with Crippen molar-refractivity contribution in [3.63, 3.8) is 0 Å². The van der Waals surface area contributed by atoms with Crippen LogP contribution < -0.4 is 4.74 Å². The highest BCUT2D eigenvalue weighted by Crippen LogP contribution is 2.46. The third kappa shape index (κ3) is 4.37. The highest BCUT2D eigenvalue weighted by atomic mass is 19.4. The Bertz CT molecular complexity index is 1730. The van der Waals surface area contributed by atoms with Gasteiger partial charge in [-0.2, -0.15) is 18.3 Å². The normalized spacial score (nSPS) is 15.6. The summed E-state index contributed by atoms with van der Waals surface area (Å²) in [6.07, 6.45) is 4.14. The van der Waals surface area contributed by atoms with Crippen molar-refractivity contribution in [3.8, 4) is 28.7 Å². The Morgan fingerprint density at radius 1 is 0.950 bits per heavy atom. The minimum atomic E-state index is -4.49. The fourth-order valence-electron chi connectivity index (χ4n) is 5.09. The molecule has 2 fully saturated rings. The Morgan fingerprint density at radius 3 is 2.33 bits per heavy atom. The lowest BCUT2D eigenvalue weighted by Gasteiger charge is -2.11. The Morgan fingerprint density at radius 2 is 1.68 bits per heavy atom. The van der Waals surface area contributed by atoms with Gasteiger partial charge in [-0.1, -0.05) is 24.3 Å². The molecular weight excluding hydrogens is 521 g/mol. The van der Waals surface area contributed by atoms with Crippen LogP contribution in [0.5, 0.6) is 5.88 Å². The van der Waals surface area contributed by atoms with Crippen LogP contribution in [0.1, 0.15) is 60.2 Å². The lowest BCUT2D eigenvalue weighted by atomic mass is 10.1. The van der Waals surface area contributed by atoms with Gasteiger partial charge < -0.3 is 9.30 Å². The second-order valence-corrected chi connectivity index (χ2v) is 10.4. The van der Waals surface area contributed by atoms with Crippen LogP contribution in [-0.2, 0) is 19.8 Å². The third-order valence-corrected chi connectivity index (χ3v) is 7.42. The van der Waals surface area contributed by atoms with Gasteiger partial charge >= 0.3 is 6.18 Å². The van der Waals surface area contributed by atoms with Crippen molar-refractivity contribution >= 4 is 11.0 Å². The molecule has 1 aromatic carbocycles. The second kappa shape index (κ2) is 9.10. The maximum absolute atomic E-state index is 13.1. The van der Waals surface area contributed by atoms with Crippen molar-refractivity contribution in [2.75, 3.05) is 7.11 Å². The van der Waals surface area contributed by atoms with Crippen LogP contribution in [-0.4, -0.2) is 46.4 Å². The molecule has 0 unspecified atom stereocenters. The maximum atomic E-state index is 13.1. The van der Waals surface area contributed by atoms with E-state index in [2.05, 4.69) is 15.0 Å². The third-order valence-electron chi connectivity index (χ3n) is 7.42. The van der Waals surface area contributed by atoms with Gasteiger partial charge in [-0.05, 0) is 31.2 Å². The molecule has 0 radical (unpaired) electrons. The molecule has 0 N–H and O–H groups in total. The topological polar surface area (TPSA) is 96.4 Å². The van der Waals surface area contributed by atoms with E-state index in [4.69, 9.17) is 19.8 Å². The number of fused-ring (bicyclic) bond motifs is 1. The summed E-state index contributed by atoms with van der Waals surface area (Å²) in [5.41, 5.74) is 3.93. The number of imidazole rings is 1. The first-order valence-corrected chi connectivity index (χ1v) is 13.1. The lowest BCUT2D eigenvalue weighted by molar-refractivity contribution is -0.140. The van der Waals surface area contributed by atoms with Crippen LogP contribution in [0.25, 0.3) is 33.8 Å². The van der Waals surface area contributed by atoms with E-state index in [1.54, 1.807) is 26.3 Å². The van der Waals surface area contributed by atoms with Gasteiger partial charge in [0.05, 0.1) is 30.4 Å². The van der Waals surface area contributed by atoms with E-state index in [1.807, 2.05) is 23.0 Å². The fraction of sp³-hybridized carbons (Fsp3) is 0.357. The second-order valence-electron chi connectivity index (χ2n) is 10.4. The van der Waals surface area contributed by atoms with Gasteiger partial charge in [-0.25, -0.2) is 29.6 Å². The molecule has 5 aromatic rings. The highest BCUT2D eigenvalue weighted by Gasteiger charge is 2.35. The number of nitrogens with zero attached hydrogens (tertiary/aromatic N) is 8. The number of alkyl halides is 3. The molecule has 40 heavy (non-hydrogen) atoms. The van der Waals surface area contributed by atoms with E-state index in [0.29, 0.717) is 46.9 Å². The Labute approximate surface area is 227 Å². The zero-order valence-corrected chi connectivity index (χ0v) is 21.9. The molecule has 12 heteroatoms. The number of benzene rings is 1. The smallest absolute Gasteiger partial charge is 0.434 e. The van der Waals surface area contributed by atoms with Crippen molar-refractivity contribution in [2.45, 2.75) is 50.2 Å². The molecule has 0 saturated heterocycles. The number of aryl methyl sites for hydroxylation is 1. The number of methoxy groups -OCH3 is 1. The van der Waals surface area contributed by atoms with Crippen LogP contribution in [0.3, 0.4) is 0 Å². The minimum Gasteiger partial charge on any atom is -0.480 e. The summed E-state index contributed by atoms with van der Waals surface area (Å²) in [5.74, 6) is 1.94. The van der Waals surface area contributed by atoms with Gasteiger partial charge in [-0.15, -0.1) is 0 Å². The van der Waals surface area contributed by atoms with Gasteiger partial charge in [0.1, 0.15) is 17.7 Å². The van der Waals surface area contributed by atoms with Gasteiger partial charge in [-0.3, -0.25) is 0 Å². The summed E-state index contributed by atoms with van der Waals surface area (Å²) in [4.78, 5) is 22.3. The van der Waals surface area contributed by atoms with E-state index in [0.717, 1.165) is 54.2 Å². The largest absolute Gasteiger partial charge is 0.480 e. The molecule has 204 valence electrons. The van der Waals surface area contributed by atoms with E-state index < -0.39 is 11.9 Å². The number of hydrogen-bond acceptors (Lipinski definition) is 7. The van der Waals surface area contributed by atoms with Gasteiger partial charge in [0.2, 0.25) is 5.88 Å². The van der Waals surface area contributed by atoms with Crippen molar-refractivity contribution in [2.24, 2.45) is 7.05 Å². The highest BCUT2D eigenvalue weighted by molar-refractivity contribution is 5.81. The van der Waals surface area contributed by atoms with Crippen LogP contribution in [0.4, 0.5) is 13.2 Å². The summed E-state index contributed by atoms with van der Waals surface area (Å²) in [6, 6.07) is 7.31. The Hall–Kier alpha value is -4.35. The maximum Gasteiger partial charge on any atom is 0.434 e. The van der Waals surface area contributed by atoms with E-state index in [9.17, 15) is 13.2 Å². The summed E-state index contributed by atoms with van der Waals surface area (Å²) in [5, 5.41) is 5.85. The van der Waals surface area contributed by atoms with Crippen molar-refractivity contribution in [1.29, 1.82) is 0 Å². The molecule has 9 nitrogen and oxygen atoms in total. The van der Waals surface area contributed by atoms with Crippen LogP contribution >= 0.6 is 0 Å². The monoisotopic (exact) mass is 546 g/mol. The molecular formula is C28H25F3N8O. The zero-order chi connectivity index (χ0) is 27.6. The molecule has 0 spiro atoms. The molecule has 7 rings (SSSR count). The van der Waals surface area contributed by atoms with Crippen LogP contribution in [0, 0.1) is 0 Å². The Balaban J connectivity index is 1.25. The first-order chi connectivity index (χ1) is 19.3. The average molecular weight is 547 g/mol. The molecule has 0 aliphatic heterocycles. The summed E-state index contributed by atoms with van der Waals surface area (Å²) < 4.78 is 48.2. The molecule has 0 amide bonds. The standard InChI is InChI=1S/C28H25F3N8O/c1-38-13-20(28(29,30)31)35-25(38)18-5-3-15(4-6-18)12-39-26-19(22(37-39)16-7-8-16)11-32-24(36-26)21-23(17-9-10-17)33-14-34-27(21)40-2/h3-6,11,13-14,16-17H,7-10,12H2,1-2H3. The zero-order valence-electron chi connectivity index (χ0n) is 21.9. The lowest BCUT2D eigenvalue weighted by Crippen LogP contribution is -2.06. The molecule has 0 bridgehead atoms. The first kappa shape index (κ1) is 24.7. The van der Waals surface area contributed by atoms with Crippen molar-refractivity contribution < 1.29 is 17.9 Å². The summed E-state index contributed by atoms with van der Waals surface area (Å²) in [7, 11) is 3.13. The molecule has 2 saturated carbocycles.